The van der Waals surface area contributed by atoms with Gasteiger partial charge < -0.3 is 14.8 Å². The number of aryl methyl sites for hydroxylation is 2. The highest BCUT2D eigenvalue weighted by atomic mass is 35.5. The van der Waals surface area contributed by atoms with Crippen molar-refractivity contribution in [3.05, 3.63) is 59.2 Å². The molecular weight excluding hydrogens is 348 g/mol. The maximum absolute atomic E-state index is 10.6. The quantitative estimate of drug-likeness (QED) is 0.451. The number of aromatic nitrogens is 2. The van der Waals surface area contributed by atoms with Crippen LogP contribution in [0.2, 0.25) is 5.02 Å². The van der Waals surface area contributed by atoms with Gasteiger partial charge in [0.15, 0.2) is 11.8 Å². The van der Waals surface area contributed by atoms with Crippen molar-refractivity contribution in [2.45, 2.75) is 19.4 Å². The predicted octanol–water partition coefficient (Wildman–Crippen LogP) is 5.31. The molecule has 1 aliphatic rings. The topological polar surface area (TPSA) is 61.2 Å². The van der Waals surface area contributed by atoms with Gasteiger partial charge in [0.25, 0.3) is 0 Å². The van der Waals surface area contributed by atoms with Gasteiger partial charge in [0.1, 0.15) is 0 Å². The van der Waals surface area contributed by atoms with E-state index in [4.69, 9.17) is 11.6 Å². The van der Waals surface area contributed by atoms with Crippen molar-refractivity contribution in [2.75, 3.05) is 0 Å². The van der Waals surface area contributed by atoms with E-state index >= 15 is 0 Å². The van der Waals surface area contributed by atoms with Crippen LogP contribution in [0.5, 0.6) is 11.8 Å². The Balaban J connectivity index is 1.84. The molecule has 0 aliphatic carbocycles. The molecule has 2 aromatic carbocycles. The van der Waals surface area contributed by atoms with E-state index in [1.165, 1.54) is 11.1 Å². The molecule has 0 saturated carbocycles. The van der Waals surface area contributed by atoms with E-state index in [0.29, 0.717) is 16.1 Å². The minimum Gasteiger partial charge on any atom is -0.494 e. The zero-order valence-electron chi connectivity index (χ0n) is 14.0. The first-order valence-electron chi connectivity index (χ1n) is 8.64. The fraction of sp³-hybridized carbons (Fsp3) is 0.143. The third-order valence-corrected chi connectivity index (χ3v) is 5.41. The molecule has 3 N–H and O–H groups in total. The van der Waals surface area contributed by atoms with Gasteiger partial charge in [-0.3, -0.25) is 4.98 Å². The summed E-state index contributed by atoms with van der Waals surface area (Å²) < 4.78 is 2.24. The van der Waals surface area contributed by atoms with Crippen molar-refractivity contribution < 1.29 is 10.2 Å². The third-order valence-electron chi connectivity index (χ3n) is 5.17. The first kappa shape index (κ1) is 15.4. The molecule has 1 aliphatic heterocycles. The summed E-state index contributed by atoms with van der Waals surface area (Å²) in [5.41, 5.74) is 5.37. The van der Waals surface area contributed by atoms with Gasteiger partial charge in [0.2, 0.25) is 0 Å². The molecule has 5 heteroatoms. The van der Waals surface area contributed by atoms with Crippen LogP contribution in [-0.2, 0) is 13.0 Å². The molecule has 3 heterocycles. The second kappa shape index (κ2) is 5.58. The van der Waals surface area contributed by atoms with Crippen LogP contribution in [0, 0.1) is 0 Å². The summed E-state index contributed by atoms with van der Waals surface area (Å²) in [6.07, 6.45) is 4.24. The molecule has 130 valence electrons. The Kier molecular flexibility index (Phi) is 3.31. The first-order chi connectivity index (χ1) is 12.6. The Bertz CT molecular complexity index is 1160. The van der Waals surface area contributed by atoms with E-state index in [1.54, 1.807) is 12.1 Å². The number of nitrogens with zero attached hydrogens (tertiary/aromatic N) is 1. The molecule has 0 radical (unpaired) electrons. The standard InChI is InChI=1S/C21H17ClN2O2/c22-14-7-1-5-13(10-14)17-18(21(26)23-20(17)25)16-11-24-9-3-6-12-4-2-8-15(16)19(12)24/h1-2,4-5,7-8,10-11,23,25-26H,3,6,9H2. The highest BCUT2D eigenvalue weighted by Gasteiger charge is 2.25. The molecule has 0 saturated heterocycles. The minimum atomic E-state index is -0.0632. The minimum absolute atomic E-state index is 0.0406. The van der Waals surface area contributed by atoms with Gasteiger partial charge in [0, 0.05) is 28.7 Å². The Morgan fingerprint density at radius 1 is 1.00 bits per heavy atom. The first-order valence-corrected chi connectivity index (χ1v) is 9.02. The molecule has 4 aromatic rings. The summed E-state index contributed by atoms with van der Waals surface area (Å²) in [7, 11) is 0. The average Bonchev–Trinajstić information content (AvgIpc) is 3.13. The zero-order chi connectivity index (χ0) is 17.8. The van der Waals surface area contributed by atoms with Crippen molar-refractivity contribution in [1.29, 1.82) is 0 Å². The Morgan fingerprint density at radius 3 is 2.65 bits per heavy atom. The summed E-state index contributed by atoms with van der Waals surface area (Å²) in [5, 5.41) is 22.7. The van der Waals surface area contributed by atoms with E-state index in [1.807, 2.05) is 12.1 Å². The van der Waals surface area contributed by atoms with E-state index < -0.39 is 0 Å². The van der Waals surface area contributed by atoms with Gasteiger partial charge in [0.05, 0.1) is 16.6 Å². The number of aromatic hydroxyl groups is 2. The van der Waals surface area contributed by atoms with Crippen LogP contribution in [0.1, 0.15) is 12.0 Å². The van der Waals surface area contributed by atoms with Crippen LogP contribution in [0.15, 0.2) is 48.7 Å². The van der Waals surface area contributed by atoms with Gasteiger partial charge >= 0.3 is 0 Å². The average molecular weight is 365 g/mol. The van der Waals surface area contributed by atoms with Gasteiger partial charge in [-0.2, -0.15) is 0 Å². The van der Waals surface area contributed by atoms with Crippen molar-refractivity contribution >= 4 is 22.5 Å². The van der Waals surface area contributed by atoms with Crippen LogP contribution < -0.4 is 0 Å². The molecule has 0 spiro atoms. The largest absolute Gasteiger partial charge is 0.494 e. The highest BCUT2D eigenvalue weighted by molar-refractivity contribution is 6.30. The van der Waals surface area contributed by atoms with Gasteiger partial charge in [-0.25, -0.2) is 0 Å². The number of hydrogen-bond donors (Lipinski definition) is 3. The number of H-pyrrole nitrogens is 1. The zero-order valence-corrected chi connectivity index (χ0v) is 14.7. The molecule has 2 aromatic heterocycles. The number of benzene rings is 2. The number of hydrogen-bond acceptors (Lipinski definition) is 2. The van der Waals surface area contributed by atoms with Crippen LogP contribution in [-0.4, -0.2) is 19.8 Å². The second-order valence-electron chi connectivity index (χ2n) is 6.74. The van der Waals surface area contributed by atoms with Gasteiger partial charge in [-0.1, -0.05) is 41.9 Å². The number of rotatable bonds is 2. The van der Waals surface area contributed by atoms with Gasteiger partial charge in [-0.15, -0.1) is 0 Å². The predicted molar refractivity (Wildman–Crippen MR) is 104 cm³/mol. The molecule has 4 nitrogen and oxygen atoms in total. The SMILES string of the molecule is Oc1[nH]c(O)c(-c2cn3c4c(cccc24)CCC3)c1-c1cccc(Cl)c1. The Morgan fingerprint density at radius 2 is 1.81 bits per heavy atom. The number of aromatic amines is 1. The molecule has 0 amide bonds. The van der Waals surface area contributed by atoms with Crippen LogP contribution >= 0.6 is 11.6 Å². The summed E-state index contributed by atoms with van der Waals surface area (Å²) in [6, 6.07) is 13.6. The van der Waals surface area contributed by atoms with Gasteiger partial charge in [-0.05, 0) is 36.1 Å². The monoisotopic (exact) mass is 364 g/mol. The van der Waals surface area contributed by atoms with E-state index in [-0.39, 0.29) is 11.8 Å². The molecule has 26 heavy (non-hydrogen) atoms. The van der Waals surface area contributed by atoms with Crippen LogP contribution in [0.25, 0.3) is 33.2 Å². The summed E-state index contributed by atoms with van der Waals surface area (Å²) in [5.74, 6) is -0.104. The molecule has 0 bridgehead atoms. The Labute approximate surface area is 155 Å². The lowest BCUT2D eigenvalue weighted by Gasteiger charge is -2.14. The van der Waals surface area contributed by atoms with Crippen molar-refractivity contribution in [3.63, 3.8) is 0 Å². The second-order valence-corrected chi connectivity index (χ2v) is 7.17. The lowest BCUT2D eigenvalue weighted by molar-refractivity contribution is 0.426. The molecule has 5 rings (SSSR count). The fourth-order valence-corrected chi connectivity index (χ4v) is 4.31. The smallest absolute Gasteiger partial charge is 0.200 e. The maximum Gasteiger partial charge on any atom is 0.200 e. The maximum atomic E-state index is 10.6. The van der Waals surface area contributed by atoms with Crippen molar-refractivity contribution in [1.82, 2.24) is 9.55 Å². The highest BCUT2D eigenvalue weighted by Crippen LogP contribution is 2.48. The van der Waals surface area contributed by atoms with E-state index in [2.05, 4.69) is 33.9 Å². The van der Waals surface area contributed by atoms with E-state index in [9.17, 15) is 10.2 Å². The van der Waals surface area contributed by atoms with Crippen LogP contribution in [0.3, 0.4) is 0 Å². The third kappa shape index (κ3) is 2.15. The summed E-state index contributed by atoms with van der Waals surface area (Å²) in [6.45, 7) is 0.956. The molecule has 0 atom stereocenters. The summed E-state index contributed by atoms with van der Waals surface area (Å²) in [4.78, 5) is 2.67. The lowest BCUT2D eigenvalue weighted by Crippen LogP contribution is -2.05. The number of nitrogens with one attached hydrogen (secondary N) is 1. The lowest BCUT2D eigenvalue weighted by atomic mass is 9.96. The fourth-order valence-electron chi connectivity index (χ4n) is 4.12. The summed E-state index contributed by atoms with van der Waals surface area (Å²) >= 11 is 6.14. The Hall–Kier alpha value is -2.85. The normalized spacial score (nSPS) is 13.4. The number of para-hydroxylation sites is 1. The van der Waals surface area contributed by atoms with Crippen molar-refractivity contribution in [2.24, 2.45) is 0 Å². The molecule has 0 fully saturated rings. The van der Waals surface area contributed by atoms with E-state index in [0.717, 1.165) is 35.9 Å². The number of halogens is 1. The molecule has 0 unspecified atom stereocenters. The van der Waals surface area contributed by atoms with Crippen LogP contribution in [0.4, 0.5) is 0 Å². The molecular formula is C21H17ClN2O2. The van der Waals surface area contributed by atoms with Crippen molar-refractivity contribution in [3.8, 4) is 34.0 Å².